The zero-order valence-corrected chi connectivity index (χ0v) is 9.74. The summed E-state index contributed by atoms with van der Waals surface area (Å²) in [6.07, 6.45) is 4.71. The van der Waals surface area contributed by atoms with E-state index in [1.165, 1.54) is 0 Å². The van der Waals surface area contributed by atoms with Crippen molar-refractivity contribution < 1.29 is 9.53 Å². The monoisotopic (exact) mass is 222 g/mol. The Morgan fingerprint density at radius 1 is 1.56 bits per heavy atom. The fourth-order valence-electron chi connectivity index (χ4n) is 2.45. The normalized spacial score (nSPS) is 26.9. The summed E-state index contributed by atoms with van der Waals surface area (Å²) >= 11 is 0. The first-order chi connectivity index (χ1) is 7.68. The maximum atomic E-state index is 12.1. The van der Waals surface area contributed by atoms with Crippen LogP contribution in [0.2, 0.25) is 0 Å². The van der Waals surface area contributed by atoms with Crippen LogP contribution in [-0.4, -0.2) is 37.1 Å². The number of hydrogen-bond acceptors (Lipinski definition) is 3. The molecular formula is C12H18N2O2. The molecule has 1 atom stereocenters. The van der Waals surface area contributed by atoms with Crippen LogP contribution >= 0.6 is 0 Å². The molecule has 2 aliphatic rings. The van der Waals surface area contributed by atoms with Gasteiger partial charge in [-0.15, -0.1) is 0 Å². The third-order valence-corrected chi connectivity index (χ3v) is 3.68. The summed E-state index contributed by atoms with van der Waals surface area (Å²) in [4.78, 5) is 13.8. The zero-order valence-electron chi connectivity index (χ0n) is 9.74. The topological polar surface area (TPSA) is 53.3 Å². The van der Waals surface area contributed by atoms with Gasteiger partial charge in [0, 0.05) is 20.2 Å². The summed E-state index contributed by atoms with van der Waals surface area (Å²) < 4.78 is 5.49. The first kappa shape index (κ1) is 11.4. The number of amides is 1. The van der Waals surface area contributed by atoms with Crippen molar-refractivity contribution in [3.63, 3.8) is 0 Å². The van der Waals surface area contributed by atoms with Crippen molar-refractivity contribution in [1.29, 1.82) is 5.26 Å². The van der Waals surface area contributed by atoms with E-state index in [1.54, 1.807) is 11.9 Å². The molecule has 4 nitrogen and oxygen atoms in total. The Hall–Kier alpha value is -1.08. The average Bonchev–Trinajstić information content (AvgIpc) is 2.69. The highest BCUT2D eigenvalue weighted by atomic mass is 16.5. The molecule has 0 bridgehead atoms. The molecule has 1 aliphatic heterocycles. The molecule has 1 saturated heterocycles. The lowest BCUT2D eigenvalue weighted by molar-refractivity contribution is -0.142. The number of rotatable bonds is 3. The van der Waals surface area contributed by atoms with Gasteiger partial charge in [-0.3, -0.25) is 4.79 Å². The lowest BCUT2D eigenvalue weighted by atomic mass is 9.69. The number of nitrogens with zero attached hydrogens (tertiary/aromatic N) is 2. The first-order valence-corrected chi connectivity index (χ1v) is 5.96. The molecule has 0 N–H and O–H groups in total. The molecule has 1 unspecified atom stereocenters. The quantitative estimate of drug-likeness (QED) is 0.723. The van der Waals surface area contributed by atoms with E-state index in [0.29, 0.717) is 6.54 Å². The van der Waals surface area contributed by atoms with E-state index in [-0.39, 0.29) is 12.0 Å². The molecule has 2 rings (SSSR count). The molecule has 1 amide bonds. The van der Waals surface area contributed by atoms with Gasteiger partial charge >= 0.3 is 0 Å². The lowest BCUT2D eigenvalue weighted by Crippen LogP contribution is -2.47. The predicted molar refractivity (Wildman–Crippen MR) is 58.5 cm³/mol. The second kappa shape index (κ2) is 4.42. The third-order valence-electron chi connectivity index (χ3n) is 3.68. The van der Waals surface area contributed by atoms with E-state index < -0.39 is 5.41 Å². The van der Waals surface area contributed by atoms with Crippen LogP contribution in [-0.2, 0) is 9.53 Å². The van der Waals surface area contributed by atoms with Gasteiger partial charge in [0.1, 0.15) is 5.41 Å². The second-order valence-electron chi connectivity index (χ2n) is 4.87. The van der Waals surface area contributed by atoms with Crippen LogP contribution in [0.25, 0.3) is 0 Å². The fraction of sp³-hybridized carbons (Fsp3) is 0.833. The fourth-order valence-corrected chi connectivity index (χ4v) is 2.45. The highest BCUT2D eigenvalue weighted by Crippen LogP contribution is 2.41. The molecule has 1 aliphatic carbocycles. The highest BCUT2D eigenvalue weighted by molar-refractivity contribution is 5.86. The molecule has 2 fully saturated rings. The first-order valence-electron chi connectivity index (χ1n) is 5.96. The van der Waals surface area contributed by atoms with E-state index in [4.69, 9.17) is 10.00 Å². The van der Waals surface area contributed by atoms with Gasteiger partial charge in [-0.1, -0.05) is 0 Å². The molecule has 1 saturated carbocycles. The minimum absolute atomic E-state index is 0.0169. The van der Waals surface area contributed by atoms with E-state index >= 15 is 0 Å². The molecule has 0 spiro atoms. The summed E-state index contributed by atoms with van der Waals surface area (Å²) in [6.45, 7) is 1.43. The zero-order chi connectivity index (χ0) is 11.6. The summed E-state index contributed by atoms with van der Waals surface area (Å²) in [5.74, 6) is -0.0169. The van der Waals surface area contributed by atoms with E-state index in [1.807, 2.05) is 0 Å². The van der Waals surface area contributed by atoms with Crippen LogP contribution in [0.15, 0.2) is 0 Å². The van der Waals surface area contributed by atoms with Gasteiger partial charge in [0.15, 0.2) is 0 Å². The third kappa shape index (κ3) is 1.92. The molecule has 0 aromatic rings. The van der Waals surface area contributed by atoms with Crippen molar-refractivity contribution in [2.45, 2.75) is 38.2 Å². The minimum Gasteiger partial charge on any atom is -0.376 e. The minimum atomic E-state index is -0.715. The molecule has 4 heteroatoms. The SMILES string of the molecule is CN(CC1CCCO1)C(=O)C1(C#N)CCC1. The van der Waals surface area contributed by atoms with Crippen molar-refractivity contribution in [3.05, 3.63) is 0 Å². The largest absolute Gasteiger partial charge is 0.376 e. The van der Waals surface area contributed by atoms with Gasteiger partial charge in [0.2, 0.25) is 5.91 Å². The lowest BCUT2D eigenvalue weighted by Gasteiger charge is -2.37. The second-order valence-corrected chi connectivity index (χ2v) is 4.87. The van der Waals surface area contributed by atoms with E-state index in [2.05, 4.69) is 6.07 Å². The summed E-state index contributed by atoms with van der Waals surface area (Å²) in [6, 6.07) is 2.19. The van der Waals surface area contributed by atoms with Crippen LogP contribution in [0.5, 0.6) is 0 Å². The number of likely N-dealkylation sites (N-methyl/N-ethyl adjacent to an activating group) is 1. The Morgan fingerprint density at radius 3 is 2.75 bits per heavy atom. The van der Waals surface area contributed by atoms with Crippen LogP contribution < -0.4 is 0 Å². The van der Waals surface area contributed by atoms with Gasteiger partial charge in [-0.25, -0.2) is 0 Å². The van der Waals surface area contributed by atoms with Crippen LogP contribution in [0, 0.1) is 16.7 Å². The van der Waals surface area contributed by atoms with Gasteiger partial charge in [0.25, 0.3) is 0 Å². The van der Waals surface area contributed by atoms with Crippen molar-refractivity contribution in [1.82, 2.24) is 4.90 Å². The Kier molecular flexibility index (Phi) is 3.15. The molecule has 1 heterocycles. The Morgan fingerprint density at radius 2 is 2.31 bits per heavy atom. The van der Waals surface area contributed by atoms with Gasteiger partial charge < -0.3 is 9.64 Å². The van der Waals surface area contributed by atoms with E-state index in [9.17, 15) is 4.79 Å². The maximum absolute atomic E-state index is 12.1. The molecule has 0 radical (unpaired) electrons. The number of nitriles is 1. The van der Waals surface area contributed by atoms with Crippen molar-refractivity contribution in [2.24, 2.45) is 5.41 Å². The van der Waals surface area contributed by atoms with Crippen molar-refractivity contribution >= 4 is 5.91 Å². The summed E-state index contributed by atoms with van der Waals surface area (Å²) in [5, 5.41) is 9.09. The Labute approximate surface area is 96.2 Å². The highest BCUT2D eigenvalue weighted by Gasteiger charge is 2.46. The molecule has 0 aromatic carbocycles. The number of ether oxygens (including phenoxy) is 1. The van der Waals surface area contributed by atoms with E-state index in [0.717, 1.165) is 38.7 Å². The van der Waals surface area contributed by atoms with Crippen molar-refractivity contribution in [3.8, 4) is 6.07 Å². The summed E-state index contributed by atoms with van der Waals surface area (Å²) in [5.41, 5.74) is -0.715. The predicted octanol–water partition coefficient (Wildman–Crippen LogP) is 1.32. The number of carbonyl (C=O) groups is 1. The van der Waals surface area contributed by atoms with Gasteiger partial charge in [-0.05, 0) is 32.1 Å². The van der Waals surface area contributed by atoms with Crippen LogP contribution in [0.3, 0.4) is 0 Å². The van der Waals surface area contributed by atoms with Gasteiger partial charge in [0.05, 0.1) is 12.2 Å². The number of carbonyl (C=O) groups excluding carboxylic acids is 1. The number of hydrogen-bond donors (Lipinski definition) is 0. The Bertz CT molecular complexity index is 311. The molecule has 88 valence electrons. The summed E-state index contributed by atoms with van der Waals surface area (Å²) in [7, 11) is 1.78. The van der Waals surface area contributed by atoms with Crippen LogP contribution in [0.4, 0.5) is 0 Å². The molecule has 16 heavy (non-hydrogen) atoms. The molecular weight excluding hydrogens is 204 g/mol. The van der Waals surface area contributed by atoms with Gasteiger partial charge in [-0.2, -0.15) is 5.26 Å². The Balaban J connectivity index is 1.91. The smallest absolute Gasteiger partial charge is 0.242 e. The standard InChI is InChI=1S/C12H18N2O2/c1-14(8-10-4-2-7-16-10)11(15)12(9-13)5-3-6-12/h10H,2-8H2,1H3. The van der Waals surface area contributed by atoms with Crippen molar-refractivity contribution in [2.75, 3.05) is 20.2 Å². The maximum Gasteiger partial charge on any atom is 0.242 e. The average molecular weight is 222 g/mol. The molecule has 0 aromatic heterocycles. The van der Waals surface area contributed by atoms with Crippen LogP contribution in [0.1, 0.15) is 32.1 Å².